The lowest BCUT2D eigenvalue weighted by Crippen LogP contribution is -2.21. The van der Waals surface area contributed by atoms with E-state index in [1.807, 2.05) is 6.07 Å². The maximum atomic E-state index is 5.47. The second-order valence-corrected chi connectivity index (χ2v) is 6.78. The fourth-order valence-corrected chi connectivity index (χ4v) is 3.54. The van der Waals surface area contributed by atoms with Crippen molar-refractivity contribution in [3.63, 3.8) is 0 Å². The summed E-state index contributed by atoms with van der Waals surface area (Å²) in [7, 11) is 3.34. The first kappa shape index (κ1) is 15.9. The fraction of sp³-hybridized carbons (Fsp3) is 0.526. The van der Waals surface area contributed by atoms with Crippen LogP contribution < -0.4 is 9.47 Å². The number of hydrogen-bond donors (Lipinski definition) is 1. The lowest BCUT2D eigenvalue weighted by molar-refractivity contribution is 0.353. The molecule has 0 atom stereocenters. The first-order chi connectivity index (χ1) is 11.1. The third-order valence-electron chi connectivity index (χ3n) is 5.00. The maximum Gasteiger partial charge on any atom is 0.161 e. The van der Waals surface area contributed by atoms with Gasteiger partial charge in [0.05, 0.1) is 19.9 Å². The molecule has 0 unspecified atom stereocenters. The van der Waals surface area contributed by atoms with Crippen molar-refractivity contribution in [2.45, 2.75) is 51.4 Å². The summed E-state index contributed by atoms with van der Waals surface area (Å²) in [5.74, 6) is 1.52. The molecule has 0 saturated carbocycles. The van der Waals surface area contributed by atoms with E-state index in [1.165, 1.54) is 41.8 Å². The summed E-state index contributed by atoms with van der Waals surface area (Å²) >= 11 is 0. The van der Waals surface area contributed by atoms with Gasteiger partial charge in [-0.2, -0.15) is 5.10 Å². The molecule has 0 radical (unpaired) electrons. The number of rotatable bonds is 4. The molecule has 0 spiro atoms. The van der Waals surface area contributed by atoms with E-state index >= 15 is 0 Å². The van der Waals surface area contributed by atoms with Crippen molar-refractivity contribution >= 4 is 0 Å². The van der Waals surface area contributed by atoms with Gasteiger partial charge in [0.15, 0.2) is 11.5 Å². The van der Waals surface area contributed by atoms with E-state index in [9.17, 15) is 0 Å². The van der Waals surface area contributed by atoms with E-state index in [2.05, 4.69) is 36.2 Å². The quantitative estimate of drug-likeness (QED) is 0.867. The zero-order valence-corrected chi connectivity index (χ0v) is 14.5. The molecule has 1 N–H and O–H groups in total. The standard InChI is InChI=1S/C19H26N2O2/c1-19(2,13-10-11-16(22-3)17(12-13)23-4)18-14-8-6-5-7-9-15(14)20-21-18/h10-12H,5-9H2,1-4H3,(H,20,21). The zero-order valence-electron chi connectivity index (χ0n) is 14.5. The van der Waals surface area contributed by atoms with Crippen LogP contribution in [0.25, 0.3) is 0 Å². The Morgan fingerprint density at radius 1 is 1.00 bits per heavy atom. The molecule has 1 aromatic carbocycles. The number of nitrogens with zero attached hydrogens (tertiary/aromatic N) is 1. The van der Waals surface area contributed by atoms with Crippen molar-refractivity contribution in [2.24, 2.45) is 0 Å². The lowest BCUT2D eigenvalue weighted by Gasteiger charge is -2.26. The summed E-state index contributed by atoms with van der Waals surface area (Å²) in [6, 6.07) is 6.15. The Morgan fingerprint density at radius 2 is 1.74 bits per heavy atom. The van der Waals surface area contributed by atoms with Crippen molar-refractivity contribution in [2.75, 3.05) is 14.2 Å². The topological polar surface area (TPSA) is 47.1 Å². The van der Waals surface area contributed by atoms with Gasteiger partial charge in [0.25, 0.3) is 0 Å². The van der Waals surface area contributed by atoms with E-state index in [1.54, 1.807) is 14.2 Å². The molecular weight excluding hydrogens is 288 g/mol. The predicted molar refractivity (Wildman–Crippen MR) is 91.5 cm³/mol. The fourth-order valence-electron chi connectivity index (χ4n) is 3.54. The second kappa shape index (κ2) is 6.26. The molecule has 0 fully saturated rings. The van der Waals surface area contributed by atoms with E-state index in [4.69, 9.17) is 9.47 Å². The van der Waals surface area contributed by atoms with Crippen LogP contribution in [0.1, 0.15) is 55.6 Å². The van der Waals surface area contributed by atoms with Crippen LogP contribution in [-0.4, -0.2) is 24.4 Å². The third kappa shape index (κ3) is 2.82. The molecule has 0 amide bonds. The highest BCUT2D eigenvalue weighted by Gasteiger charge is 2.31. The number of aromatic amines is 1. The van der Waals surface area contributed by atoms with Crippen molar-refractivity contribution in [1.82, 2.24) is 10.2 Å². The molecule has 0 aliphatic heterocycles. The summed E-state index contributed by atoms with van der Waals surface area (Å²) in [6.45, 7) is 4.46. The highest BCUT2D eigenvalue weighted by molar-refractivity contribution is 5.48. The van der Waals surface area contributed by atoms with E-state index < -0.39 is 0 Å². The van der Waals surface area contributed by atoms with Crippen LogP contribution in [0.15, 0.2) is 18.2 Å². The minimum atomic E-state index is -0.173. The Labute approximate surface area is 138 Å². The third-order valence-corrected chi connectivity index (χ3v) is 5.00. The first-order valence-electron chi connectivity index (χ1n) is 8.37. The monoisotopic (exact) mass is 314 g/mol. The van der Waals surface area contributed by atoms with Gasteiger partial charge in [-0.25, -0.2) is 0 Å². The SMILES string of the molecule is COc1ccc(C(C)(C)c2n[nH]c3c2CCCCC3)cc1OC. The zero-order chi connectivity index (χ0) is 16.4. The minimum absolute atomic E-state index is 0.173. The molecule has 1 aromatic heterocycles. The van der Waals surface area contributed by atoms with Crippen molar-refractivity contribution in [3.05, 3.63) is 40.7 Å². The average molecular weight is 314 g/mol. The molecule has 1 heterocycles. The van der Waals surface area contributed by atoms with Crippen LogP contribution in [0.4, 0.5) is 0 Å². The second-order valence-electron chi connectivity index (χ2n) is 6.78. The van der Waals surface area contributed by atoms with Gasteiger partial charge in [-0.1, -0.05) is 26.3 Å². The Morgan fingerprint density at radius 3 is 2.48 bits per heavy atom. The summed E-state index contributed by atoms with van der Waals surface area (Å²) in [6.07, 6.45) is 6.05. The van der Waals surface area contributed by atoms with Crippen LogP contribution in [-0.2, 0) is 18.3 Å². The van der Waals surface area contributed by atoms with Crippen molar-refractivity contribution in [3.8, 4) is 11.5 Å². The average Bonchev–Trinajstić information content (AvgIpc) is 2.84. The van der Waals surface area contributed by atoms with Crippen LogP contribution in [0.2, 0.25) is 0 Å². The molecule has 4 heteroatoms. The van der Waals surface area contributed by atoms with Gasteiger partial charge in [0.2, 0.25) is 0 Å². The van der Waals surface area contributed by atoms with Crippen LogP contribution in [0.3, 0.4) is 0 Å². The molecule has 0 saturated heterocycles. The van der Waals surface area contributed by atoms with Gasteiger partial charge in [0, 0.05) is 11.1 Å². The lowest BCUT2D eigenvalue weighted by atomic mass is 9.79. The van der Waals surface area contributed by atoms with Gasteiger partial charge in [-0.3, -0.25) is 5.10 Å². The minimum Gasteiger partial charge on any atom is -0.493 e. The number of nitrogens with one attached hydrogen (secondary N) is 1. The molecule has 1 aliphatic carbocycles. The highest BCUT2D eigenvalue weighted by atomic mass is 16.5. The molecule has 2 aromatic rings. The number of methoxy groups -OCH3 is 2. The largest absolute Gasteiger partial charge is 0.493 e. The summed E-state index contributed by atoms with van der Waals surface area (Å²) in [5, 5.41) is 7.98. The molecule has 1 aliphatic rings. The molecule has 4 nitrogen and oxygen atoms in total. The number of H-pyrrole nitrogens is 1. The van der Waals surface area contributed by atoms with Gasteiger partial charge in [0.1, 0.15) is 0 Å². The van der Waals surface area contributed by atoms with E-state index in [0.717, 1.165) is 24.3 Å². The number of aryl methyl sites for hydroxylation is 1. The van der Waals surface area contributed by atoms with Gasteiger partial charge in [-0.05, 0) is 48.9 Å². The smallest absolute Gasteiger partial charge is 0.161 e. The number of hydrogen-bond acceptors (Lipinski definition) is 3. The van der Waals surface area contributed by atoms with Crippen LogP contribution in [0.5, 0.6) is 11.5 Å². The Bertz CT molecular complexity index is 689. The molecule has 3 rings (SSSR count). The molecule has 23 heavy (non-hydrogen) atoms. The van der Waals surface area contributed by atoms with E-state index in [-0.39, 0.29) is 5.41 Å². The number of benzene rings is 1. The van der Waals surface area contributed by atoms with Crippen LogP contribution >= 0.6 is 0 Å². The first-order valence-corrected chi connectivity index (χ1v) is 8.37. The Balaban J connectivity index is 2.03. The van der Waals surface area contributed by atoms with Gasteiger partial charge in [-0.15, -0.1) is 0 Å². The van der Waals surface area contributed by atoms with Gasteiger partial charge < -0.3 is 9.47 Å². The Hall–Kier alpha value is -1.97. The number of ether oxygens (including phenoxy) is 2. The number of aromatic nitrogens is 2. The van der Waals surface area contributed by atoms with Crippen molar-refractivity contribution in [1.29, 1.82) is 0 Å². The van der Waals surface area contributed by atoms with Crippen LogP contribution in [0, 0.1) is 0 Å². The molecular formula is C19H26N2O2. The summed E-state index contributed by atoms with van der Waals surface area (Å²) < 4.78 is 10.8. The molecule has 124 valence electrons. The number of fused-ring (bicyclic) bond motifs is 1. The highest BCUT2D eigenvalue weighted by Crippen LogP contribution is 2.39. The maximum absolute atomic E-state index is 5.47. The van der Waals surface area contributed by atoms with Crippen molar-refractivity contribution < 1.29 is 9.47 Å². The Kier molecular flexibility index (Phi) is 4.33. The normalized spacial score (nSPS) is 15.0. The summed E-state index contributed by atoms with van der Waals surface area (Å²) in [5.41, 5.74) is 4.93. The molecule has 0 bridgehead atoms. The van der Waals surface area contributed by atoms with E-state index in [0.29, 0.717) is 0 Å². The van der Waals surface area contributed by atoms with Gasteiger partial charge >= 0.3 is 0 Å². The predicted octanol–water partition coefficient (Wildman–Crippen LogP) is 4.02. The summed E-state index contributed by atoms with van der Waals surface area (Å²) in [4.78, 5) is 0.